The number of hydrogen-bond acceptors (Lipinski definition) is 8. The van der Waals surface area contributed by atoms with Crippen LogP contribution in [-0.2, 0) is 14.8 Å². The monoisotopic (exact) mass is 436 g/mol. The first-order valence-corrected chi connectivity index (χ1v) is 11.5. The van der Waals surface area contributed by atoms with Crippen LogP contribution < -0.4 is 14.4 Å². The van der Waals surface area contributed by atoms with Crippen LogP contribution in [0.3, 0.4) is 0 Å². The molecule has 0 saturated carbocycles. The molecule has 142 valence electrons. The van der Waals surface area contributed by atoms with Gasteiger partial charge in [0.15, 0.2) is 4.34 Å². The van der Waals surface area contributed by atoms with Crippen molar-refractivity contribution in [2.75, 3.05) is 29.2 Å². The highest BCUT2D eigenvalue weighted by Gasteiger charge is 2.32. The Labute approximate surface area is 164 Å². The van der Waals surface area contributed by atoms with E-state index >= 15 is 0 Å². The lowest BCUT2D eigenvalue weighted by Gasteiger charge is -2.29. The fourth-order valence-corrected chi connectivity index (χ4v) is 4.68. The van der Waals surface area contributed by atoms with Crippen LogP contribution >= 0.6 is 34.7 Å². The Kier molecular flexibility index (Phi) is 6.72. The Balaban J connectivity index is 2.38. The second-order valence-electron chi connectivity index (χ2n) is 5.12. The van der Waals surface area contributed by atoms with Gasteiger partial charge in [-0.25, -0.2) is 8.42 Å². The number of anilines is 2. The molecular weight excluding hydrogens is 420 g/mol. The third-order valence-corrected chi connectivity index (χ3v) is 6.55. The molecule has 1 unspecified atom stereocenters. The van der Waals surface area contributed by atoms with E-state index in [0.717, 1.165) is 10.6 Å². The maximum atomic E-state index is 12.6. The molecule has 1 heterocycles. The van der Waals surface area contributed by atoms with Crippen LogP contribution in [0.2, 0.25) is 5.02 Å². The number of nitrogens with one attached hydrogen (secondary N) is 1. The van der Waals surface area contributed by atoms with Crippen LogP contribution in [0, 0.1) is 0 Å². The number of carbonyl (C=O) groups excluding carboxylic acids is 1. The molecule has 0 spiro atoms. The number of hydrogen-bond donors (Lipinski definition) is 1. The summed E-state index contributed by atoms with van der Waals surface area (Å²) in [7, 11) is -2.40. The summed E-state index contributed by atoms with van der Waals surface area (Å²) in [5.74, 6) is -0.277. The minimum Gasteiger partial charge on any atom is -0.495 e. The predicted molar refractivity (Wildman–Crippen MR) is 105 cm³/mol. The van der Waals surface area contributed by atoms with Gasteiger partial charge in [-0.15, -0.1) is 10.2 Å². The van der Waals surface area contributed by atoms with Gasteiger partial charge < -0.3 is 4.74 Å². The number of rotatable bonds is 7. The average molecular weight is 437 g/mol. The maximum Gasteiger partial charge on any atom is 0.249 e. The van der Waals surface area contributed by atoms with Gasteiger partial charge in [0.25, 0.3) is 0 Å². The summed E-state index contributed by atoms with van der Waals surface area (Å²) in [5, 5.41) is 10.9. The number of sulfonamides is 1. The van der Waals surface area contributed by atoms with E-state index in [1.807, 2.05) is 6.26 Å². The molecule has 1 aromatic heterocycles. The number of benzene rings is 1. The van der Waals surface area contributed by atoms with E-state index in [9.17, 15) is 13.2 Å². The molecule has 26 heavy (non-hydrogen) atoms. The van der Waals surface area contributed by atoms with Crippen molar-refractivity contribution in [3.63, 3.8) is 0 Å². The third kappa shape index (κ3) is 4.78. The van der Waals surface area contributed by atoms with Crippen molar-refractivity contribution in [2.24, 2.45) is 0 Å². The van der Waals surface area contributed by atoms with Crippen molar-refractivity contribution in [3.05, 3.63) is 23.2 Å². The van der Waals surface area contributed by atoms with E-state index in [1.165, 1.54) is 49.3 Å². The van der Waals surface area contributed by atoms with Gasteiger partial charge in [-0.2, -0.15) is 0 Å². The van der Waals surface area contributed by atoms with E-state index in [0.29, 0.717) is 9.36 Å². The molecule has 0 aliphatic heterocycles. The largest absolute Gasteiger partial charge is 0.495 e. The number of methoxy groups -OCH3 is 1. The summed E-state index contributed by atoms with van der Waals surface area (Å²) < 4.78 is 31.6. The van der Waals surface area contributed by atoms with Crippen LogP contribution in [0.1, 0.15) is 6.92 Å². The second kappa shape index (κ2) is 8.42. The molecule has 0 saturated heterocycles. The van der Waals surface area contributed by atoms with Gasteiger partial charge in [-0.1, -0.05) is 34.7 Å². The lowest BCUT2D eigenvalue weighted by molar-refractivity contribution is -0.116. The standard InChI is InChI=1S/C14H17ClN4O4S3/c1-8(12(20)16-13-17-18-14(24-3)25-13)19(26(4,21)22)10-7-9(15)5-6-11(10)23-2/h5-8H,1-4H3,(H,16,17,20). The van der Waals surface area contributed by atoms with Crippen LogP contribution in [-0.4, -0.2) is 50.2 Å². The molecule has 1 N–H and O–H groups in total. The van der Waals surface area contributed by atoms with Gasteiger partial charge in [0.1, 0.15) is 11.8 Å². The average Bonchev–Trinajstić information content (AvgIpc) is 3.01. The minimum atomic E-state index is -3.81. The van der Waals surface area contributed by atoms with E-state index < -0.39 is 22.0 Å². The topological polar surface area (TPSA) is 101 Å². The molecule has 1 atom stereocenters. The Morgan fingerprint density at radius 2 is 2.12 bits per heavy atom. The fraction of sp³-hybridized carbons (Fsp3) is 0.357. The second-order valence-corrected chi connectivity index (χ2v) is 9.44. The number of halogens is 1. The highest BCUT2D eigenvalue weighted by Crippen LogP contribution is 2.34. The lowest BCUT2D eigenvalue weighted by Crippen LogP contribution is -2.45. The number of carbonyl (C=O) groups is 1. The Morgan fingerprint density at radius 1 is 1.42 bits per heavy atom. The van der Waals surface area contributed by atoms with Gasteiger partial charge in [0.2, 0.25) is 21.1 Å². The number of aromatic nitrogens is 2. The van der Waals surface area contributed by atoms with E-state index in [2.05, 4.69) is 15.5 Å². The molecule has 0 radical (unpaired) electrons. The molecule has 2 aromatic rings. The fourth-order valence-electron chi connectivity index (χ4n) is 2.17. The van der Waals surface area contributed by atoms with Gasteiger partial charge in [0, 0.05) is 5.02 Å². The van der Waals surface area contributed by atoms with Crippen LogP contribution in [0.4, 0.5) is 10.8 Å². The first-order chi connectivity index (χ1) is 12.2. The summed E-state index contributed by atoms with van der Waals surface area (Å²) >= 11 is 8.60. The zero-order chi connectivity index (χ0) is 19.5. The van der Waals surface area contributed by atoms with E-state index in [-0.39, 0.29) is 16.6 Å². The number of amides is 1. The maximum absolute atomic E-state index is 12.6. The molecular formula is C14H17ClN4O4S3. The third-order valence-electron chi connectivity index (χ3n) is 3.28. The highest BCUT2D eigenvalue weighted by atomic mass is 35.5. The Morgan fingerprint density at radius 3 is 2.65 bits per heavy atom. The van der Waals surface area contributed by atoms with Gasteiger partial charge in [0.05, 0.1) is 19.1 Å². The predicted octanol–water partition coefficient (Wildman–Crippen LogP) is 2.72. The van der Waals surface area contributed by atoms with Crippen molar-refractivity contribution >= 4 is 61.4 Å². The Bertz CT molecular complexity index is 903. The quantitative estimate of drug-likeness (QED) is 0.525. The summed E-state index contributed by atoms with van der Waals surface area (Å²) in [6.45, 7) is 1.47. The zero-order valence-electron chi connectivity index (χ0n) is 14.4. The van der Waals surface area contributed by atoms with Crippen LogP contribution in [0.5, 0.6) is 5.75 Å². The van der Waals surface area contributed by atoms with Crippen molar-refractivity contribution in [1.29, 1.82) is 0 Å². The van der Waals surface area contributed by atoms with Crippen molar-refractivity contribution < 1.29 is 17.9 Å². The summed E-state index contributed by atoms with van der Waals surface area (Å²) in [5.41, 5.74) is 0.173. The summed E-state index contributed by atoms with van der Waals surface area (Å²) in [6.07, 6.45) is 2.85. The molecule has 2 rings (SSSR count). The van der Waals surface area contributed by atoms with Crippen LogP contribution in [0.25, 0.3) is 0 Å². The molecule has 12 heteroatoms. The Hall–Kier alpha value is -1.56. The zero-order valence-corrected chi connectivity index (χ0v) is 17.6. The smallest absolute Gasteiger partial charge is 0.249 e. The van der Waals surface area contributed by atoms with Crippen molar-refractivity contribution in [3.8, 4) is 5.75 Å². The van der Waals surface area contributed by atoms with Crippen molar-refractivity contribution in [2.45, 2.75) is 17.3 Å². The number of ether oxygens (including phenoxy) is 1. The first kappa shape index (κ1) is 20.7. The first-order valence-electron chi connectivity index (χ1n) is 7.18. The normalized spacial score (nSPS) is 12.5. The summed E-state index contributed by atoms with van der Waals surface area (Å²) in [4.78, 5) is 12.6. The molecule has 0 aliphatic carbocycles. The molecule has 1 aromatic carbocycles. The minimum absolute atomic E-state index is 0.173. The van der Waals surface area contributed by atoms with Gasteiger partial charge >= 0.3 is 0 Å². The molecule has 0 aliphatic rings. The SMILES string of the molecule is COc1ccc(Cl)cc1N(C(C)C(=O)Nc1nnc(SC)s1)S(C)(=O)=O. The number of thioether (sulfide) groups is 1. The van der Waals surface area contributed by atoms with E-state index in [1.54, 1.807) is 6.07 Å². The number of nitrogens with zero attached hydrogens (tertiary/aromatic N) is 3. The van der Waals surface area contributed by atoms with Crippen LogP contribution in [0.15, 0.2) is 22.5 Å². The van der Waals surface area contributed by atoms with Gasteiger partial charge in [-0.05, 0) is 31.4 Å². The van der Waals surface area contributed by atoms with Crippen molar-refractivity contribution in [1.82, 2.24) is 10.2 Å². The molecule has 1 amide bonds. The molecule has 8 nitrogen and oxygen atoms in total. The summed E-state index contributed by atoms with van der Waals surface area (Å²) in [6, 6.07) is 3.47. The van der Waals surface area contributed by atoms with Gasteiger partial charge in [-0.3, -0.25) is 14.4 Å². The lowest BCUT2D eigenvalue weighted by atomic mass is 10.2. The molecule has 0 bridgehead atoms. The van der Waals surface area contributed by atoms with E-state index in [4.69, 9.17) is 16.3 Å². The molecule has 0 fully saturated rings. The highest BCUT2D eigenvalue weighted by molar-refractivity contribution is 8.00.